The molecule has 0 saturated heterocycles. The monoisotopic (exact) mass is 388 g/mol. The number of hydrogen-bond donors (Lipinski definition) is 0. The first kappa shape index (κ1) is 18.4. The average Bonchev–Trinajstić information content (AvgIpc) is 2.54. The van der Waals surface area contributed by atoms with Crippen molar-refractivity contribution < 1.29 is 14.3 Å². The molecule has 0 aliphatic rings. The molecule has 0 bridgehead atoms. The van der Waals surface area contributed by atoms with Gasteiger partial charge in [0.15, 0.2) is 6.10 Å². The molecule has 0 spiro atoms. The molecule has 0 aliphatic heterocycles. The summed E-state index contributed by atoms with van der Waals surface area (Å²) < 4.78 is 6.16. The summed E-state index contributed by atoms with van der Waals surface area (Å²) in [6, 6.07) is 14.3. The number of halogens is 1. The van der Waals surface area contributed by atoms with E-state index in [4.69, 9.17) is 4.74 Å². The van der Waals surface area contributed by atoms with Crippen LogP contribution in [0, 0.1) is 0 Å². The van der Waals surface area contributed by atoms with Crippen molar-refractivity contribution in [3.8, 4) is 0 Å². The van der Waals surface area contributed by atoms with Gasteiger partial charge in [0.1, 0.15) is 0 Å². The van der Waals surface area contributed by atoms with Gasteiger partial charge in [0.25, 0.3) is 0 Å². The van der Waals surface area contributed by atoms with E-state index in [1.807, 2.05) is 12.1 Å². The Bertz CT molecular complexity index is 725. The molecule has 3 nitrogen and oxygen atoms in total. The Morgan fingerprint density at radius 1 is 0.917 bits per heavy atom. The van der Waals surface area contributed by atoms with Crippen LogP contribution < -0.4 is 0 Å². The summed E-state index contributed by atoms with van der Waals surface area (Å²) in [5.74, 6) is -0.712. The highest BCUT2D eigenvalue weighted by molar-refractivity contribution is 9.10. The van der Waals surface area contributed by atoms with Crippen LogP contribution in [0.1, 0.15) is 54.0 Å². The summed E-state index contributed by atoms with van der Waals surface area (Å²) in [6.45, 7) is 7.95. The lowest BCUT2D eigenvalue weighted by Crippen LogP contribution is -2.24. The molecule has 0 amide bonds. The van der Waals surface area contributed by atoms with E-state index in [1.54, 1.807) is 43.3 Å². The Morgan fingerprint density at radius 3 is 1.92 bits per heavy atom. The van der Waals surface area contributed by atoms with Crippen LogP contribution >= 0.6 is 15.9 Å². The zero-order chi connectivity index (χ0) is 17.9. The molecule has 2 rings (SSSR count). The van der Waals surface area contributed by atoms with E-state index in [9.17, 15) is 9.59 Å². The minimum Gasteiger partial charge on any atom is -0.451 e. The third-order valence-corrected chi connectivity index (χ3v) is 4.30. The van der Waals surface area contributed by atoms with Crippen molar-refractivity contribution in [1.82, 2.24) is 0 Å². The predicted molar refractivity (Wildman–Crippen MR) is 98.5 cm³/mol. The van der Waals surface area contributed by atoms with Gasteiger partial charge < -0.3 is 4.74 Å². The van der Waals surface area contributed by atoms with E-state index >= 15 is 0 Å². The number of hydrogen-bond acceptors (Lipinski definition) is 3. The van der Waals surface area contributed by atoms with Crippen molar-refractivity contribution in [3.63, 3.8) is 0 Å². The van der Waals surface area contributed by atoms with E-state index < -0.39 is 12.1 Å². The summed E-state index contributed by atoms with van der Waals surface area (Å²) >= 11 is 3.31. The first-order chi connectivity index (χ1) is 11.2. The van der Waals surface area contributed by atoms with E-state index in [1.165, 1.54) is 0 Å². The second-order valence-electron chi connectivity index (χ2n) is 6.75. The summed E-state index contributed by atoms with van der Waals surface area (Å²) in [5.41, 5.74) is 2.14. The van der Waals surface area contributed by atoms with E-state index in [0.29, 0.717) is 11.1 Å². The van der Waals surface area contributed by atoms with E-state index in [0.717, 1.165) is 10.0 Å². The van der Waals surface area contributed by atoms with Crippen LogP contribution in [0.15, 0.2) is 53.0 Å². The van der Waals surface area contributed by atoms with Crippen LogP contribution in [0.25, 0.3) is 0 Å². The minimum absolute atomic E-state index is 0.0290. The fourth-order valence-electron chi connectivity index (χ4n) is 2.24. The molecule has 2 aromatic carbocycles. The Labute approximate surface area is 151 Å². The number of benzene rings is 2. The number of carbonyl (C=O) groups is 2. The van der Waals surface area contributed by atoms with Gasteiger partial charge in [0.05, 0.1) is 5.56 Å². The number of ether oxygens (including phenoxy) is 1. The van der Waals surface area contributed by atoms with Crippen molar-refractivity contribution in [2.24, 2.45) is 0 Å². The van der Waals surface area contributed by atoms with Crippen molar-refractivity contribution in [1.29, 1.82) is 0 Å². The zero-order valence-electron chi connectivity index (χ0n) is 14.3. The highest BCUT2D eigenvalue weighted by atomic mass is 79.9. The Morgan fingerprint density at radius 2 is 1.42 bits per heavy atom. The number of ketones is 1. The molecule has 1 atom stereocenters. The van der Waals surface area contributed by atoms with Gasteiger partial charge in [-0.2, -0.15) is 0 Å². The van der Waals surface area contributed by atoms with Gasteiger partial charge in [-0.3, -0.25) is 4.79 Å². The first-order valence-electron chi connectivity index (χ1n) is 7.80. The SMILES string of the molecule is C[C@H](OC(=O)c1ccc(Br)cc1)C(=O)c1ccc(C(C)(C)C)cc1. The fraction of sp³-hybridized carbons (Fsp3) is 0.300. The number of carbonyl (C=O) groups excluding carboxylic acids is 2. The van der Waals surface area contributed by atoms with Gasteiger partial charge >= 0.3 is 5.97 Å². The molecule has 0 aromatic heterocycles. The van der Waals surface area contributed by atoms with Crippen molar-refractivity contribution in [3.05, 3.63) is 69.7 Å². The van der Waals surface area contributed by atoms with Crippen LogP contribution in [0.5, 0.6) is 0 Å². The molecule has 0 N–H and O–H groups in total. The highest BCUT2D eigenvalue weighted by Crippen LogP contribution is 2.22. The van der Waals surface area contributed by atoms with E-state index in [2.05, 4.69) is 36.7 Å². The smallest absolute Gasteiger partial charge is 0.338 e. The van der Waals surface area contributed by atoms with Crippen LogP contribution in [-0.2, 0) is 10.2 Å². The molecule has 0 fully saturated rings. The third kappa shape index (κ3) is 4.54. The van der Waals surface area contributed by atoms with Crippen LogP contribution in [0.2, 0.25) is 0 Å². The largest absolute Gasteiger partial charge is 0.451 e. The molecule has 0 aliphatic carbocycles. The quantitative estimate of drug-likeness (QED) is 0.535. The number of rotatable bonds is 4. The normalized spacial score (nSPS) is 12.5. The average molecular weight is 389 g/mol. The molecule has 0 radical (unpaired) electrons. The lowest BCUT2D eigenvalue weighted by Gasteiger charge is -2.19. The number of Topliss-reactive ketones (excluding diaryl/α,β-unsaturated/α-hetero) is 1. The Hall–Kier alpha value is -1.94. The first-order valence-corrected chi connectivity index (χ1v) is 8.59. The fourth-order valence-corrected chi connectivity index (χ4v) is 2.50. The van der Waals surface area contributed by atoms with Gasteiger partial charge in [-0.05, 0) is 42.2 Å². The molecule has 2 aromatic rings. The molecular formula is C20H21BrO3. The van der Waals surface area contributed by atoms with Crippen LogP contribution in [-0.4, -0.2) is 17.9 Å². The summed E-state index contributed by atoms with van der Waals surface area (Å²) in [5, 5.41) is 0. The highest BCUT2D eigenvalue weighted by Gasteiger charge is 2.21. The maximum atomic E-state index is 12.4. The molecule has 0 saturated carbocycles. The zero-order valence-corrected chi connectivity index (χ0v) is 15.9. The van der Waals surface area contributed by atoms with Crippen molar-refractivity contribution >= 4 is 27.7 Å². The topological polar surface area (TPSA) is 43.4 Å². The van der Waals surface area contributed by atoms with Gasteiger partial charge in [0, 0.05) is 10.0 Å². The third-order valence-electron chi connectivity index (χ3n) is 3.77. The maximum absolute atomic E-state index is 12.4. The minimum atomic E-state index is -0.832. The van der Waals surface area contributed by atoms with Crippen LogP contribution in [0.3, 0.4) is 0 Å². The lowest BCUT2D eigenvalue weighted by atomic mass is 9.86. The van der Waals surface area contributed by atoms with Gasteiger partial charge in [-0.25, -0.2) is 4.79 Å². The Balaban J connectivity index is 2.06. The van der Waals surface area contributed by atoms with Crippen molar-refractivity contribution in [2.45, 2.75) is 39.2 Å². The molecule has 4 heteroatoms. The maximum Gasteiger partial charge on any atom is 0.338 e. The second-order valence-corrected chi connectivity index (χ2v) is 7.66. The van der Waals surface area contributed by atoms with E-state index in [-0.39, 0.29) is 11.2 Å². The number of esters is 1. The second kappa shape index (κ2) is 7.31. The molecule has 0 heterocycles. The Kier molecular flexibility index (Phi) is 5.60. The van der Waals surface area contributed by atoms with Gasteiger partial charge in [0.2, 0.25) is 5.78 Å². The van der Waals surface area contributed by atoms with Crippen molar-refractivity contribution in [2.75, 3.05) is 0 Å². The van der Waals surface area contributed by atoms with Gasteiger partial charge in [-0.15, -0.1) is 0 Å². The molecule has 0 unspecified atom stereocenters. The van der Waals surface area contributed by atoms with Crippen LogP contribution in [0.4, 0.5) is 0 Å². The van der Waals surface area contributed by atoms with Gasteiger partial charge in [-0.1, -0.05) is 61.0 Å². The summed E-state index contributed by atoms with van der Waals surface area (Å²) in [6.07, 6.45) is -0.832. The summed E-state index contributed by atoms with van der Waals surface area (Å²) in [4.78, 5) is 24.5. The molecular weight excluding hydrogens is 368 g/mol. The summed E-state index contributed by atoms with van der Waals surface area (Å²) in [7, 11) is 0. The standard InChI is InChI=1S/C20H21BrO3/c1-13(24-19(23)15-7-11-17(21)12-8-15)18(22)14-5-9-16(10-6-14)20(2,3)4/h5-13H,1-4H3/t13-/m0/s1. The molecule has 24 heavy (non-hydrogen) atoms. The predicted octanol–water partition coefficient (Wildman–Crippen LogP) is 5.17. The molecule has 126 valence electrons. The lowest BCUT2D eigenvalue weighted by molar-refractivity contribution is 0.0319.